The molecule has 2 aromatic rings. The van der Waals surface area contributed by atoms with Gasteiger partial charge in [0.2, 0.25) is 0 Å². The monoisotopic (exact) mass is 191 g/mol. The topological polar surface area (TPSA) is 26.0 Å². The van der Waals surface area contributed by atoms with E-state index in [1.807, 2.05) is 11.3 Å². The van der Waals surface area contributed by atoms with Crippen LogP contribution in [-0.4, -0.2) is 0 Å². The Balaban J connectivity index is 2.67. The van der Waals surface area contributed by atoms with Crippen LogP contribution in [-0.2, 0) is 13.0 Å². The smallest absolute Gasteiger partial charge is 0.0390 e. The second kappa shape index (κ2) is 3.48. The van der Waals surface area contributed by atoms with E-state index in [2.05, 4.69) is 31.2 Å². The molecule has 1 aromatic carbocycles. The molecular formula is C11H13NS. The zero-order valence-electron chi connectivity index (χ0n) is 7.71. The van der Waals surface area contributed by atoms with Crippen molar-refractivity contribution in [2.24, 2.45) is 5.73 Å². The first kappa shape index (κ1) is 8.73. The van der Waals surface area contributed by atoms with Gasteiger partial charge in [0.25, 0.3) is 0 Å². The van der Waals surface area contributed by atoms with Crippen LogP contribution in [0.5, 0.6) is 0 Å². The van der Waals surface area contributed by atoms with Gasteiger partial charge in [-0.05, 0) is 23.4 Å². The maximum atomic E-state index is 5.67. The van der Waals surface area contributed by atoms with Crippen LogP contribution in [0, 0.1) is 0 Å². The van der Waals surface area contributed by atoms with Crippen molar-refractivity contribution >= 4 is 21.4 Å². The Morgan fingerprint density at radius 1 is 1.38 bits per heavy atom. The van der Waals surface area contributed by atoms with Gasteiger partial charge in [-0.2, -0.15) is 0 Å². The Morgan fingerprint density at radius 3 is 2.92 bits per heavy atom. The molecule has 0 aliphatic carbocycles. The van der Waals surface area contributed by atoms with Gasteiger partial charge < -0.3 is 5.73 Å². The number of aryl methyl sites for hydroxylation is 1. The average Bonchev–Trinajstić information content (AvgIpc) is 2.59. The Kier molecular flexibility index (Phi) is 2.34. The molecule has 0 atom stereocenters. The normalized spacial score (nSPS) is 10.9. The minimum Gasteiger partial charge on any atom is -0.326 e. The van der Waals surface area contributed by atoms with E-state index in [-0.39, 0.29) is 0 Å². The molecule has 2 N–H and O–H groups in total. The molecule has 0 aliphatic heterocycles. The third-order valence-corrected chi connectivity index (χ3v) is 3.62. The lowest BCUT2D eigenvalue weighted by molar-refractivity contribution is 1.09. The summed E-state index contributed by atoms with van der Waals surface area (Å²) in [4.78, 5) is 1.44. The van der Waals surface area contributed by atoms with Gasteiger partial charge in [0.15, 0.2) is 0 Å². The van der Waals surface area contributed by atoms with E-state index in [4.69, 9.17) is 5.73 Å². The van der Waals surface area contributed by atoms with Crippen LogP contribution in [0.2, 0.25) is 0 Å². The standard InChI is InChI=1S/C11H13NS/c1-2-10-6-8-4-3-5-9(7-12)11(8)13-10/h3-6H,2,7,12H2,1H3. The average molecular weight is 191 g/mol. The first-order chi connectivity index (χ1) is 6.35. The Hall–Kier alpha value is -0.860. The van der Waals surface area contributed by atoms with Crippen LogP contribution in [0.1, 0.15) is 17.4 Å². The molecule has 0 aliphatic rings. The number of hydrogen-bond donors (Lipinski definition) is 1. The number of fused-ring (bicyclic) bond motifs is 1. The fourth-order valence-electron chi connectivity index (χ4n) is 1.51. The molecule has 1 nitrogen and oxygen atoms in total. The molecule has 0 bridgehead atoms. The third kappa shape index (κ3) is 1.47. The van der Waals surface area contributed by atoms with Gasteiger partial charge in [-0.3, -0.25) is 0 Å². The van der Waals surface area contributed by atoms with Gasteiger partial charge in [0.1, 0.15) is 0 Å². The van der Waals surface area contributed by atoms with Gasteiger partial charge in [-0.15, -0.1) is 11.3 Å². The van der Waals surface area contributed by atoms with E-state index in [0.29, 0.717) is 6.54 Å². The van der Waals surface area contributed by atoms with E-state index in [1.165, 1.54) is 20.5 Å². The second-order valence-corrected chi connectivity index (χ2v) is 4.24. The first-order valence-electron chi connectivity index (χ1n) is 4.55. The van der Waals surface area contributed by atoms with E-state index in [0.717, 1.165) is 6.42 Å². The predicted octanol–water partition coefficient (Wildman–Crippen LogP) is 2.92. The summed E-state index contributed by atoms with van der Waals surface area (Å²) in [6.07, 6.45) is 1.11. The highest BCUT2D eigenvalue weighted by Gasteiger charge is 2.03. The summed E-state index contributed by atoms with van der Waals surface area (Å²) in [6.45, 7) is 2.83. The number of hydrogen-bond acceptors (Lipinski definition) is 2. The summed E-state index contributed by atoms with van der Waals surface area (Å²) in [5, 5.41) is 1.34. The fraction of sp³-hybridized carbons (Fsp3) is 0.273. The maximum Gasteiger partial charge on any atom is 0.0390 e. The van der Waals surface area contributed by atoms with Gasteiger partial charge in [-0.25, -0.2) is 0 Å². The van der Waals surface area contributed by atoms with Crippen LogP contribution < -0.4 is 5.73 Å². The molecule has 2 rings (SSSR count). The zero-order valence-corrected chi connectivity index (χ0v) is 8.53. The summed E-state index contributed by atoms with van der Waals surface area (Å²) in [5.41, 5.74) is 6.94. The van der Waals surface area contributed by atoms with E-state index >= 15 is 0 Å². The quantitative estimate of drug-likeness (QED) is 0.776. The van der Waals surface area contributed by atoms with E-state index in [1.54, 1.807) is 0 Å². The van der Waals surface area contributed by atoms with Crippen LogP contribution >= 0.6 is 11.3 Å². The lowest BCUT2D eigenvalue weighted by Gasteiger charge is -1.96. The number of thiophene rings is 1. The largest absolute Gasteiger partial charge is 0.326 e. The Morgan fingerprint density at radius 2 is 2.23 bits per heavy atom. The molecule has 68 valence electrons. The van der Waals surface area contributed by atoms with Crippen molar-refractivity contribution in [2.45, 2.75) is 19.9 Å². The minimum atomic E-state index is 0.640. The molecule has 0 saturated heterocycles. The van der Waals surface area contributed by atoms with Crippen molar-refractivity contribution in [2.75, 3.05) is 0 Å². The molecule has 0 spiro atoms. The van der Waals surface area contributed by atoms with Gasteiger partial charge >= 0.3 is 0 Å². The molecule has 13 heavy (non-hydrogen) atoms. The SMILES string of the molecule is CCc1cc2cccc(CN)c2s1. The lowest BCUT2D eigenvalue weighted by Crippen LogP contribution is -1.95. The number of benzene rings is 1. The summed E-state index contributed by atoms with van der Waals surface area (Å²) in [6, 6.07) is 8.61. The van der Waals surface area contributed by atoms with Crippen LogP contribution in [0.3, 0.4) is 0 Å². The molecule has 0 unspecified atom stereocenters. The first-order valence-corrected chi connectivity index (χ1v) is 5.37. The molecule has 0 saturated carbocycles. The number of rotatable bonds is 2. The van der Waals surface area contributed by atoms with Crippen LogP contribution in [0.4, 0.5) is 0 Å². The molecule has 0 amide bonds. The van der Waals surface area contributed by atoms with Crippen molar-refractivity contribution < 1.29 is 0 Å². The van der Waals surface area contributed by atoms with Crippen molar-refractivity contribution in [3.63, 3.8) is 0 Å². The van der Waals surface area contributed by atoms with Crippen molar-refractivity contribution in [1.29, 1.82) is 0 Å². The fourth-order valence-corrected chi connectivity index (χ4v) is 2.63. The number of nitrogens with two attached hydrogens (primary N) is 1. The van der Waals surface area contributed by atoms with Gasteiger partial charge in [-0.1, -0.05) is 25.1 Å². The summed E-state index contributed by atoms with van der Waals surface area (Å²) >= 11 is 1.87. The highest BCUT2D eigenvalue weighted by Crippen LogP contribution is 2.28. The Labute approximate surface area is 82.2 Å². The summed E-state index contributed by atoms with van der Waals surface area (Å²) in [5.74, 6) is 0. The predicted molar refractivity (Wildman–Crippen MR) is 59.1 cm³/mol. The molecule has 0 radical (unpaired) electrons. The highest BCUT2D eigenvalue weighted by atomic mass is 32.1. The molecule has 1 aromatic heterocycles. The summed E-state index contributed by atoms with van der Waals surface area (Å²) in [7, 11) is 0. The highest BCUT2D eigenvalue weighted by molar-refractivity contribution is 7.19. The van der Waals surface area contributed by atoms with Crippen LogP contribution in [0.15, 0.2) is 24.3 Å². The second-order valence-electron chi connectivity index (χ2n) is 3.11. The molecule has 2 heteroatoms. The van der Waals surface area contributed by atoms with E-state index < -0.39 is 0 Å². The van der Waals surface area contributed by atoms with Crippen molar-refractivity contribution in [3.8, 4) is 0 Å². The van der Waals surface area contributed by atoms with Crippen LogP contribution in [0.25, 0.3) is 10.1 Å². The molecule has 1 heterocycles. The molecule has 0 fully saturated rings. The third-order valence-electron chi connectivity index (χ3n) is 2.25. The minimum absolute atomic E-state index is 0.640. The van der Waals surface area contributed by atoms with E-state index in [9.17, 15) is 0 Å². The van der Waals surface area contributed by atoms with Crippen molar-refractivity contribution in [1.82, 2.24) is 0 Å². The van der Waals surface area contributed by atoms with Crippen molar-refractivity contribution in [3.05, 3.63) is 34.7 Å². The summed E-state index contributed by atoms with van der Waals surface area (Å²) < 4.78 is 1.36. The zero-order chi connectivity index (χ0) is 9.26. The lowest BCUT2D eigenvalue weighted by atomic mass is 10.1. The van der Waals surface area contributed by atoms with Gasteiger partial charge in [0, 0.05) is 16.1 Å². The Bertz CT molecular complexity index is 417. The molecular weight excluding hydrogens is 178 g/mol. The van der Waals surface area contributed by atoms with Gasteiger partial charge in [0.05, 0.1) is 0 Å². The maximum absolute atomic E-state index is 5.67.